The Morgan fingerprint density at radius 1 is 1.48 bits per heavy atom. The maximum Gasteiger partial charge on any atom is 0.222 e. The van der Waals surface area contributed by atoms with Crippen LogP contribution in [-0.4, -0.2) is 56.0 Å². The third-order valence-electron chi connectivity index (χ3n) is 4.02. The van der Waals surface area contributed by atoms with Gasteiger partial charge in [0.25, 0.3) is 0 Å². The van der Waals surface area contributed by atoms with E-state index in [-0.39, 0.29) is 22.8 Å². The molecule has 3 N–H and O–H groups in total. The van der Waals surface area contributed by atoms with Crippen molar-refractivity contribution in [1.29, 1.82) is 0 Å². The molecule has 0 amide bonds. The van der Waals surface area contributed by atoms with Crippen LogP contribution in [0.15, 0.2) is 11.1 Å². The van der Waals surface area contributed by atoms with Crippen LogP contribution in [0.25, 0.3) is 0 Å². The van der Waals surface area contributed by atoms with E-state index in [1.807, 2.05) is 13.8 Å². The Labute approximate surface area is 137 Å². The zero-order chi connectivity index (χ0) is 17.1. The van der Waals surface area contributed by atoms with Crippen LogP contribution in [0.5, 0.6) is 0 Å². The van der Waals surface area contributed by atoms with Crippen molar-refractivity contribution in [3.8, 4) is 0 Å². The lowest BCUT2D eigenvalue weighted by molar-refractivity contribution is 0.170. The van der Waals surface area contributed by atoms with E-state index in [9.17, 15) is 13.5 Å². The van der Waals surface area contributed by atoms with Crippen molar-refractivity contribution < 1.29 is 13.5 Å². The van der Waals surface area contributed by atoms with E-state index < -0.39 is 9.84 Å². The van der Waals surface area contributed by atoms with Gasteiger partial charge in [0.15, 0.2) is 9.84 Å². The predicted molar refractivity (Wildman–Crippen MR) is 89.3 cm³/mol. The van der Waals surface area contributed by atoms with Crippen molar-refractivity contribution in [3.63, 3.8) is 0 Å². The van der Waals surface area contributed by atoms with Gasteiger partial charge in [-0.05, 0) is 19.4 Å². The number of aliphatic hydroxyl groups is 1. The second-order valence-electron chi connectivity index (χ2n) is 6.93. The highest BCUT2D eigenvalue weighted by molar-refractivity contribution is 7.90. The largest absolute Gasteiger partial charge is 0.396 e. The van der Waals surface area contributed by atoms with Crippen LogP contribution in [0, 0.1) is 5.41 Å². The smallest absolute Gasteiger partial charge is 0.222 e. The van der Waals surface area contributed by atoms with E-state index in [1.54, 1.807) is 0 Å². The first-order chi connectivity index (χ1) is 10.7. The monoisotopic (exact) mass is 342 g/mol. The highest BCUT2D eigenvalue weighted by Gasteiger charge is 2.25. The van der Waals surface area contributed by atoms with Gasteiger partial charge in [0, 0.05) is 37.3 Å². The minimum absolute atomic E-state index is 0.0425. The molecule has 1 saturated heterocycles. The molecule has 1 atom stereocenters. The van der Waals surface area contributed by atoms with E-state index in [0.29, 0.717) is 18.2 Å². The summed E-state index contributed by atoms with van der Waals surface area (Å²) in [7, 11) is -3.37. The summed E-state index contributed by atoms with van der Waals surface area (Å²) < 4.78 is 24.0. The zero-order valence-electron chi connectivity index (χ0n) is 14.0. The molecule has 1 aromatic rings. The second-order valence-corrected chi connectivity index (χ2v) is 8.92. The third kappa shape index (κ3) is 4.86. The predicted octanol–water partition coefficient (Wildman–Crippen LogP) is 0.777. The molecule has 2 heterocycles. The van der Waals surface area contributed by atoms with Gasteiger partial charge >= 0.3 is 0 Å². The Kier molecular flexibility index (Phi) is 5.59. The fourth-order valence-electron chi connectivity index (χ4n) is 2.51. The summed E-state index contributed by atoms with van der Waals surface area (Å²) in [6.45, 7) is 6.07. The molecule has 1 fully saturated rings. The van der Waals surface area contributed by atoms with Gasteiger partial charge in [0.05, 0.1) is 11.9 Å². The van der Waals surface area contributed by atoms with E-state index >= 15 is 0 Å². The molecule has 1 aliphatic heterocycles. The SMILES string of the molecule is CC(C)(CO)CNc1ncc(S(C)(=O)=O)c(C2CCCNC2)n1. The van der Waals surface area contributed by atoms with Crippen LogP contribution < -0.4 is 10.6 Å². The van der Waals surface area contributed by atoms with Crippen LogP contribution in [-0.2, 0) is 9.84 Å². The molecule has 0 aliphatic carbocycles. The van der Waals surface area contributed by atoms with Crippen LogP contribution in [0.1, 0.15) is 38.3 Å². The minimum Gasteiger partial charge on any atom is -0.396 e. The average molecular weight is 342 g/mol. The molecular weight excluding hydrogens is 316 g/mol. The van der Waals surface area contributed by atoms with Gasteiger partial charge in [0.1, 0.15) is 4.90 Å². The zero-order valence-corrected chi connectivity index (χ0v) is 14.8. The van der Waals surface area contributed by atoms with Gasteiger partial charge in [-0.25, -0.2) is 18.4 Å². The van der Waals surface area contributed by atoms with Crippen molar-refractivity contribution in [2.24, 2.45) is 5.41 Å². The number of aromatic nitrogens is 2. The van der Waals surface area contributed by atoms with Crippen LogP contribution >= 0.6 is 0 Å². The molecule has 0 saturated carbocycles. The van der Waals surface area contributed by atoms with Crippen molar-refractivity contribution in [2.45, 2.75) is 37.5 Å². The van der Waals surface area contributed by atoms with E-state index in [2.05, 4.69) is 20.6 Å². The summed E-state index contributed by atoms with van der Waals surface area (Å²) in [5.74, 6) is 0.474. The Balaban J connectivity index is 2.29. The first-order valence-corrected chi connectivity index (χ1v) is 9.74. The molecule has 23 heavy (non-hydrogen) atoms. The van der Waals surface area contributed by atoms with Crippen LogP contribution in [0.4, 0.5) is 5.95 Å². The Morgan fingerprint density at radius 2 is 2.22 bits per heavy atom. The lowest BCUT2D eigenvalue weighted by Gasteiger charge is -2.25. The molecule has 7 nitrogen and oxygen atoms in total. The number of sulfone groups is 1. The maximum atomic E-state index is 12.0. The van der Waals surface area contributed by atoms with Crippen molar-refractivity contribution in [2.75, 3.05) is 37.8 Å². The fraction of sp³-hybridized carbons (Fsp3) is 0.733. The molecule has 130 valence electrons. The minimum atomic E-state index is -3.37. The summed E-state index contributed by atoms with van der Waals surface area (Å²) in [6.07, 6.45) is 4.49. The molecule has 0 aromatic carbocycles. The lowest BCUT2D eigenvalue weighted by atomic mass is 9.95. The Hall–Kier alpha value is -1.25. The number of nitrogens with one attached hydrogen (secondary N) is 2. The van der Waals surface area contributed by atoms with Crippen LogP contribution in [0.3, 0.4) is 0 Å². The molecule has 0 spiro atoms. The number of hydrogen-bond acceptors (Lipinski definition) is 7. The molecule has 0 bridgehead atoms. The first-order valence-electron chi connectivity index (χ1n) is 7.85. The van der Waals surface area contributed by atoms with Crippen molar-refractivity contribution in [1.82, 2.24) is 15.3 Å². The molecule has 2 rings (SSSR count). The van der Waals surface area contributed by atoms with E-state index in [4.69, 9.17) is 0 Å². The van der Waals surface area contributed by atoms with E-state index in [0.717, 1.165) is 25.9 Å². The summed E-state index contributed by atoms with van der Waals surface area (Å²) in [5.41, 5.74) is 0.282. The van der Waals surface area contributed by atoms with Gasteiger partial charge in [-0.15, -0.1) is 0 Å². The number of nitrogens with zero attached hydrogens (tertiary/aromatic N) is 2. The first kappa shape index (κ1) is 18.1. The maximum absolute atomic E-state index is 12.0. The third-order valence-corrected chi connectivity index (χ3v) is 5.13. The summed E-state index contributed by atoms with van der Waals surface area (Å²) in [6, 6.07) is 0. The summed E-state index contributed by atoms with van der Waals surface area (Å²) in [4.78, 5) is 8.82. The molecule has 8 heteroatoms. The number of aliphatic hydroxyl groups excluding tert-OH is 1. The van der Waals surface area contributed by atoms with Gasteiger partial charge in [-0.3, -0.25) is 0 Å². The Bertz CT molecular complexity index is 640. The standard InChI is InChI=1S/C15H26N4O3S/c1-15(2,10-20)9-18-14-17-8-12(23(3,21)22)13(19-14)11-5-4-6-16-7-11/h8,11,16,20H,4-7,9-10H2,1-3H3,(H,17,18,19). The van der Waals surface area contributed by atoms with Gasteiger partial charge in [-0.2, -0.15) is 0 Å². The van der Waals surface area contributed by atoms with Crippen LogP contribution in [0.2, 0.25) is 0 Å². The second kappa shape index (κ2) is 7.11. The highest BCUT2D eigenvalue weighted by atomic mass is 32.2. The number of piperidine rings is 1. The quantitative estimate of drug-likeness (QED) is 0.701. The number of hydrogen-bond donors (Lipinski definition) is 3. The van der Waals surface area contributed by atoms with Gasteiger partial charge in [0.2, 0.25) is 5.95 Å². The molecule has 1 aliphatic rings. The molecule has 0 radical (unpaired) electrons. The van der Waals surface area contributed by atoms with Crippen molar-refractivity contribution >= 4 is 15.8 Å². The van der Waals surface area contributed by atoms with E-state index in [1.165, 1.54) is 12.5 Å². The molecular formula is C15H26N4O3S. The average Bonchev–Trinajstić information content (AvgIpc) is 2.53. The topological polar surface area (TPSA) is 104 Å². The van der Waals surface area contributed by atoms with Crippen molar-refractivity contribution in [3.05, 3.63) is 11.9 Å². The molecule has 1 aromatic heterocycles. The Morgan fingerprint density at radius 3 is 2.78 bits per heavy atom. The van der Waals surface area contributed by atoms with Gasteiger partial charge in [-0.1, -0.05) is 13.8 Å². The molecule has 1 unspecified atom stereocenters. The number of anilines is 1. The number of rotatable bonds is 6. The fourth-order valence-corrected chi connectivity index (χ4v) is 3.34. The lowest BCUT2D eigenvalue weighted by Crippen LogP contribution is -2.31. The summed E-state index contributed by atoms with van der Waals surface area (Å²) >= 11 is 0. The normalized spacial score (nSPS) is 19.6. The highest BCUT2D eigenvalue weighted by Crippen LogP contribution is 2.28. The summed E-state index contributed by atoms with van der Waals surface area (Å²) in [5, 5.41) is 15.7. The van der Waals surface area contributed by atoms with Gasteiger partial charge < -0.3 is 15.7 Å².